The summed E-state index contributed by atoms with van der Waals surface area (Å²) in [6, 6.07) is 78.5. The zero-order valence-electron chi connectivity index (χ0n) is 49.2. The van der Waals surface area contributed by atoms with Gasteiger partial charge in [-0.05, 0) is 48.6 Å². The molecule has 19 heteroatoms. The molecule has 90 heavy (non-hydrogen) atoms. The topological polar surface area (TPSA) is 190 Å². The first-order chi connectivity index (χ1) is 43.9. The van der Waals surface area contributed by atoms with Gasteiger partial charge in [0.15, 0.2) is 22.1 Å². The fourth-order valence-electron chi connectivity index (χ4n) is 11.2. The first-order valence-electron chi connectivity index (χ1n) is 29.1. The van der Waals surface area contributed by atoms with Crippen molar-refractivity contribution in [1.29, 1.82) is 0 Å². The van der Waals surface area contributed by atoms with Crippen molar-refractivity contribution in [3.05, 3.63) is 315 Å². The van der Waals surface area contributed by atoms with Gasteiger partial charge in [-0.3, -0.25) is 24.9 Å². The van der Waals surface area contributed by atoms with Crippen molar-refractivity contribution >= 4 is 80.5 Å². The second-order valence-electron chi connectivity index (χ2n) is 22.0. The highest BCUT2D eigenvalue weighted by molar-refractivity contribution is 8.28. The molecule has 0 bridgehead atoms. The summed E-state index contributed by atoms with van der Waals surface area (Å²) in [6.07, 6.45) is -0.00605. The number of rotatable bonds is 21. The molecule has 3 amide bonds. The van der Waals surface area contributed by atoms with Crippen molar-refractivity contribution in [3.63, 3.8) is 0 Å². The molecule has 452 valence electrons. The summed E-state index contributed by atoms with van der Waals surface area (Å²) in [4.78, 5) is 78.2. The monoisotopic (exact) mass is 1270 g/mol. The molecule has 0 aliphatic carbocycles. The van der Waals surface area contributed by atoms with E-state index in [1.165, 1.54) is 28.4 Å². The van der Waals surface area contributed by atoms with Crippen LogP contribution in [0.15, 0.2) is 275 Å². The van der Waals surface area contributed by atoms with Crippen LogP contribution in [0, 0.1) is 0 Å². The van der Waals surface area contributed by atoms with Crippen molar-refractivity contribution in [1.82, 2.24) is 30.4 Å². The molecule has 8 aromatic carbocycles. The number of carbonyl (C=O) groups excluding carboxylic acids is 4. The summed E-state index contributed by atoms with van der Waals surface area (Å²) in [6.45, 7) is 5.27. The Morgan fingerprint density at radius 3 is 1.59 bits per heavy atom. The second kappa shape index (κ2) is 27.1. The number of amides is 3. The lowest BCUT2D eigenvalue weighted by Crippen LogP contribution is -2.57. The number of hydrogen-bond acceptors (Lipinski definition) is 14. The molecule has 0 spiro atoms. The number of fused-ring (bicyclic) bond motifs is 1. The van der Waals surface area contributed by atoms with Crippen molar-refractivity contribution in [2.45, 2.75) is 65.1 Å². The zero-order chi connectivity index (χ0) is 62.1. The highest BCUT2D eigenvalue weighted by Gasteiger charge is 2.52. The van der Waals surface area contributed by atoms with Crippen LogP contribution in [-0.4, -0.2) is 76.1 Å². The predicted molar refractivity (Wildman–Crippen MR) is 357 cm³/mol. The first-order valence-corrected chi connectivity index (χ1v) is 33.4. The summed E-state index contributed by atoms with van der Waals surface area (Å²) in [7, 11) is -1.65. The number of nitrogens with zero attached hydrogens (tertiary/aromatic N) is 5. The lowest BCUT2D eigenvalue weighted by atomic mass is 9.80. The minimum atomic E-state index is -1.65. The minimum absolute atomic E-state index is 0.0136. The summed E-state index contributed by atoms with van der Waals surface area (Å²) in [5.74, 6) is -1.81. The molecule has 10 aromatic rings. The van der Waals surface area contributed by atoms with Crippen LogP contribution in [-0.2, 0) is 39.0 Å². The Kier molecular flexibility index (Phi) is 18.3. The van der Waals surface area contributed by atoms with Crippen molar-refractivity contribution < 1.29 is 33.5 Å². The molecule has 4 heterocycles. The Labute approximate surface area is 536 Å². The lowest BCUT2D eigenvalue weighted by Gasteiger charge is -2.48. The van der Waals surface area contributed by atoms with Gasteiger partial charge >= 0.3 is 12.1 Å². The maximum absolute atomic E-state index is 16.1. The van der Waals surface area contributed by atoms with E-state index in [0.717, 1.165) is 28.0 Å². The van der Waals surface area contributed by atoms with Gasteiger partial charge in [0.05, 0.1) is 16.5 Å². The van der Waals surface area contributed by atoms with Crippen LogP contribution in [0.1, 0.15) is 83.5 Å². The summed E-state index contributed by atoms with van der Waals surface area (Å²) in [5, 5.41) is 19.7. The van der Waals surface area contributed by atoms with E-state index in [1.54, 1.807) is 32.5 Å². The van der Waals surface area contributed by atoms with Crippen LogP contribution < -0.4 is 10.6 Å². The van der Waals surface area contributed by atoms with Crippen molar-refractivity contribution in [3.8, 4) is 0 Å². The lowest BCUT2D eigenvalue weighted by molar-refractivity contribution is -0.151. The second-order valence-corrected chi connectivity index (χ2v) is 27.8. The molecule has 2 aromatic heterocycles. The number of oxime groups is 1. The minimum Gasteiger partial charge on any atom is -0.448 e. The molecule has 3 unspecified atom stereocenters. The van der Waals surface area contributed by atoms with Crippen LogP contribution >= 0.6 is 45.8 Å². The summed E-state index contributed by atoms with van der Waals surface area (Å²) in [5.41, 5.74) is 4.01. The van der Waals surface area contributed by atoms with E-state index in [9.17, 15) is 9.59 Å². The van der Waals surface area contributed by atoms with Crippen molar-refractivity contribution in [2.75, 3.05) is 10.4 Å². The van der Waals surface area contributed by atoms with E-state index in [2.05, 4.69) is 52.1 Å². The Morgan fingerprint density at radius 1 is 0.678 bits per heavy atom. The number of β-lactam (4-membered cyclic amide) rings is 1. The molecule has 1 fully saturated rings. The highest BCUT2D eigenvalue weighted by Crippen LogP contribution is 2.63. The maximum Gasteiger partial charge on any atom is 0.413 e. The fraction of sp³-hybridized carbons (Fsp3) is 0.155. The largest absolute Gasteiger partial charge is 0.448 e. The molecule has 3 N–H and O–H groups in total. The molecule has 2 aliphatic rings. The van der Waals surface area contributed by atoms with E-state index in [1.807, 2.05) is 206 Å². The number of anilines is 1. The smallest absolute Gasteiger partial charge is 0.413 e. The predicted octanol–water partition coefficient (Wildman–Crippen LogP) is 14.4. The molecule has 15 nitrogen and oxygen atoms in total. The number of thiazole rings is 1. The van der Waals surface area contributed by atoms with Gasteiger partial charge in [-0.15, -0.1) is 40.0 Å². The molecule has 3 atom stereocenters. The molecule has 0 saturated carbocycles. The third kappa shape index (κ3) is 12.7. The summed E-state index contributed by atoms with van der Waals surface area (Å²) >= 11 is 3.71. The van der Waals surface area contributed by atoms with Crippen LogP contribution in [0.5, 0.6) is 0 Å². The van der Waals surface area contributed by atoms with Crippen LogP contribution in [0.25, 0.3) is 0 Å². The van der Waals surface area contributed by atoms with Crippen LogP contribution in [0.3, 0.4) is 0 Å². The molecule has 0 radical (unpaired) electrons. The molecular weight excluding hydrogens is 1210 g/mol. The van der Waals surface area contributed by atoms with E-state index in [-0.39, 0.29) is 39.6 Å². The Morgan fingerprint density at radius 2 is 1.14 bits per heavy atom. The van der Waals surface area contributed by atoms with Gasteiger partial charge in [-0.25, -0.2) is 19.6 Å². The van der Waals surface area contributed by atoms with Crippen LogP contribution in [0.2, 0.25) is 0 Å². The summed E-state index contributed by atoms with van der Waals surface area (Å²) < 4.78 is 11.4. The molecule has 1 saturated heterocycles. The number of aromatic nitrogens is 4. The zero-order valence-corrected chi connectivity index (χ0v) is 52.5. The van der Waals surface area contributed by atoms with E-state index in [0.29, 0.717) is 37.9 Å². The Balaban J connectivity index is 1.03. The van der Waals surface area contributed by atoms with Gasteiger partial charge in [0.2, 0.25) is 11.5 Å². The Bertz CT molecular complexity index is 3920. The normalized spacial score (nSPS) is 15.7. The number of hydrogen-bond donors (Lipinski definition) is 4. The van der Waals surface area contributed by atoms with Gasteiger partial charge < -0.3 is 19.6 Å². The van der Waals surface area contributed by atoms with Gasteiger partial charge in [0.1, 0.15) is 28.7 Å². The number of aromatic amines is 1. The first kappa shape index (κ1) is 60.7. The van der Waals surface area contributed by atoms with E-state index >= 15 is 9.59 Å². The quantitative estimate of drug-likeness (QED) is 0.0133. The van der Waals surface area contributed by atoms with E-state index < -0.39 is 61.7 Å². The fourth-order valence-corrected chi connectivity index (χ4v) is 18.5. The average molecular weight is 1270 g/mol. The highest BCUT2D eigenvalue weighted by atomic mass is 32.2. The number of ether oxygens (including phenoxy) is 2. The van der Waals surface area contributed by atoms with Gasteiger partial charge in [-0.1, -0.05) is 248 Å². The Hall–Kier alpha value is -9.53. The maximum atomic E-state index is 16.1. The average Bonchev–Trinajstić information content (AvgIpc) is 0.876. The SMILES string of the molecule is CC(C)(C)OC(=O)Nc1nc(/C(=N\OC(c2ccccc2)(c2ccccc2)c2ccccc2)C(=O)NC2SC3CC(=O)N3C(C(=O)OC(c3ccccc3)c3ccccc3)=C2SC[SH](c2nc[nH]n2)C(c2ccccc2)(c2ccccc2)c2ccccc2)cs1. The van der Waals surface area contributed by atoms with Gasteiger partial charge in [0, 0.05) is 32.1 Å². The van der Waals surface area contributed by atoms with Gasteiger partial charge in [-0.2, -0.15) is 10.9 Å². The molecular formula is C71H62N8O7S4. The van der Waals surface area contributed by atoms with E-state index in [4.69, 9.17) is 34.5 Å². The number of nitrogens with one attached hydrogen (secondary N) is 3. The number of carbonyl (C=O) groups is 4. The van der Waals surface area contributed by atoms with Crippen molar-refractivity contribution in [2.24, 2.45) is 5.16 Å². The standard InChI is InChI=1S/C71H62N8O7S4/c1-69(2,3)85-68(83)76-66-74-56(45-87-66)59(78-86-70(50-32-16-6-17-33-50,51-34-18-7-19-35-51)52-36-20-8-21-37-52)63(81)75-64-62(60(79-57(80)44-58(79)89-64)65(82)84-61(48-28-12-4-13-29-48)49-30-14-5-15-31-49)88-47-90(67-72-46-73-77-67)71(53-38-22-9-23-39-53,54-40-24-10-25-41-54)55-42-26-11-27-43-55/h4-43,45-46,58,61,64,90H,44,47H2,1-3H3,(H,75,81)(H,72,73,77)(H,74,76,83)/b78-59+. The third-order valence-electron chi connectivity index (χ3n) is 15.2. The number of esters is 1. The number of benzene rings is 8. The molecule has 12 rings (SSSR count). The number of thioether (sulfide) groups is 2. The number of H-pyrrole nitrogens is 1. The molecule has 2 aliphatic heterocycles. The van der Waals surface area contributed by atoms with Crippen LogP contribution in [0.4, 0.5) is 9.93 Å². The van der Waals surface area contributed by atoms with Gasteiger partial charge in [0.25, 0.3) is 5.91 Å². The third-order valence-corrected chi connectivity index (χ3v) is 21.9. The number of thiol groups is 1.